The van der Waals surface area contributed by atoms with Crippen molar-refractivity contribution in [3.63, 3.8) is 0 Å². The van der Waals surface area contributed by atoms with Crippen molar-refractivity contribution in [2.45, 2.75) is 24.7 Å². The maximum absolute atomic E-state index is 13.6. The van der Waals surface area contributed by atoms with E-state index in [4.69, 9.17) is 15.2 Å². The Bertz CT molecular complexity index is 423. The Morgan fingerprint density at radius 2 is 2.38 bits per heavy atom. The first-order valence-corrected chi connectivity index (χ1v) is 5.55. The molecular formula is C12H14FNO2. The molecule has 0 bridgehead atoms. The monoisotopic (exact) mass is 223 g/mol. The molecule has 2 atom stereocenters. The Morgan fingerprint density at radius 3 is 3.12 bits per heavy atom. The average molecular weight is 223 g/mol. The van der Waals surface area contributed by atoms with Crippen molar-refractivity contribution >= 4 is 0 Å². The second kappa shape index (κ2) is 3.52. The van der Waals surface area contributed by atoms with E-state index in [-0.39, 0.29) is 11.9 Å². The summed E-state index contributed by atoms with van der Waals surface area (Å²) in [5.41, 5.74) is 7.11. The van der Waals surface area contributed by atoms with E-state index in [9.17, 15) is 4.39 Å². The molecule has 0 amide bonds. The summed E-state index contributed by atoms with van der Waals surface area (Å²) in [6, 6.07) is 5.06. The number of nitrogens with two attached hydrogens (primary N) is 1. The molecule has 1 aliphatic heterocycles. The van der Waals surface area contributed by atoms with Crippen LogP contribution >= 0.6 is 0 Å². The van der Waals surface area contributed by atoms with Crippen LogP contribution in [0.3, 0.4) is 0 Å². The van der Waals surface area contributed by atoms with E-state index in [1.807, 2.05) is 6.07 Å². The SMILES string of the molecule is NCC1COC2(CCc3c(F)cccc32)O1. The van der Waals surface area contributed by atoms with E-state index in [1.165, 1.54) is 6.07 Å². The molecule has 1 fully saturated rings. The molecule has 1 aromatic carbocycles. The van der Waals surface area contributed by atoms with Gasteiger partial charge < -0.3 is 15.2 Å². The molecule has 4 heteroatoms. The van der Waals surface area contributed by atoms with Gasteiger partial charge in [-0.25, -0.2) is 4.39 Å². The summed E-state index contributed by atoms with van der Waals surface area (Å²) in [7, 11) is 0. The number of hydrogen-bond acceptors (Lipinski definition) is 3. The molecule has 3 nitrogen and oxygen atoms in total. The van der Waals surface area contributed by atoms with Gasteiger partial charge in [0.05, 0.1) is 12.7 Å². The second-order valence-electron chi connectivity index (χ2n) is 4.31. The van der Waals surface area contributed by atoms with Crippen LogP contribution in [0.25, 0.3) is 0 Å². The van der Waals surface area contributed by atoms with E-state index in [0.29, 0.717) is 26.0 Å². The minimum Gasteiger partial charge on any atom is -0.343 e. The lowest BCUT2D eigenvalue weighted by molar-refractivity contribution is -0.173. The van der Waals surface area contributed by atoms with E-state index < -0.39 is 5.79 Å². The van der Waals surface area contributed by atoms with Gasteiger partial charge in [0.1, 0.15) is 5.82 Å². The topological polar surface area (TPSA) is 44.5 Å². The minimum absolute atomic E-state index is 0.0748. The number of benzene rings is 1. The molecule has 1 heterocycles. The number of fused-ring (bicyclic) bond motifs is 2. The molecule has 1 saturated heterocycles. The highest BCUT2D eigenvalue weighted by molar-refractivity contribution is 5.37. The van der Waals surface area contributed by atoms with Crippen LogP contribution in [0.5, 0.6) is 0 Å². The third kappa shape index (κ3) is 1.30. The predicted molar refractivity (Wildman–Crippen MR) is 56.3 cm³/mol. The minimum atomic E-state index is -0.735. The average Bonchev–Trinajstić information content (AvgIpc) is 2.87. The Labute approximate surface area is 93.3 Å². The molecule has 3 rings (SSSR count). The summed E-state index contributed by atoms with van der Waals surface area (Å²) < 4.78 is 25.1. The maximum Gasteiger partial charge on any atom is 0.196 e. The Morgan fingerprint density at radius 1 is 1.50 bits per heavy atom. The van der Waals surface area contributed by atoms with Crippen molar-refractivity contribution in [3.05, 3.63) is 35.1 Å². The van der Waals surface area contributed by atoms with E-state index >= 15 is 0 Å². The highest BCUT2D eigenvalue weighted by Crippen LogP contribution is 2.45. The van der Waals surface area contributed by atoms with Gasteiger partial charge in [0.15, 0.2) is 5.79 Å². The molecule has 0 saturated carbocycles. The van der Waals surface area contributed by atoms with Crippen molar-refractivity contribution < 1.29 is 13.9 Å². The maximum atomic E-state index is 13.6. The molecule has 1 spiro atoms. The number of rotatable bonds is 1. The van der Waals surface area contributed by atoms with Gasteiger partial charge in [-0.2, -0.15) is 0 Å². The molecular weight excluding hydrogens is 209 g/mol. The molecule has 0 aromatic heterocycles. The van der Waals surface area contributed by atoms with Crippen LogP contribution in [0.2, 0.25) is 0 Å². The fraction of sp³-hybridized carbons (Fsp3) is 0.500. The molecule has 2 N–H and O–H groups in total. The fourth-order valence-electron chi connectivity index (χ4n) is 2.55. The molecule has 1 aliphatic carbocycles. The molecule has 0 radical (unpaired) electrons. The smallest absolute Gasteiger partial charge is 0.196 e. The van der Waals surface area contributed by atoms with Gasteiger partial charge in [-0.15, -0.1) is 0 Å². The summed E-state index contributed by atoms with van der Waals surface area (Å²) in [4.78, 5) is 0. The summed E-state index contributed by atoms with van der Waals surface area (Å²) in [6.45, 7) is 0.929. The van der Waals surface area contributed by atoms with Crippen molar-refractivity contribution in [2.24, 2.45) is 5.73 Å². The fourth-order valence-corrected chi connectivity index (χ4v) is 2.55. The van der Waals surface area contributed by atoms with Crippen LogP contribution in [0.4, 0.5) is 4.39 Å². The lowest BCUT2D eigenvalue weighted by atomic mass is 10.1. The van der Waals surface area contributed by atoms with Crippen LogP contribution < -0.4 is 5.73 Å². The van der Waals surface area contributed by atoms with Gasteiger partial charge in [0.2, 0.25) is 0 Å². The van der Waals surface area contributed by atoms with Crippen LogP contribution in [0.1, 0.15) is 17.5 Å². The van der Waals surface area contributed by atoms with Crippen LogP contribution in [-0.2, 0) is 21.7 Å². The largest absolute Gasteiger partial charge is 0.343 e. The van der Waals surface area contributed by atoms with E-state index in [2.05, 4.69) is 0 Å². The number of ether oxygens (including phenoxy) is 2. The number of halogens is 1. The molecule has 1 aromatic rings. The Hall–Kier alpha value is -0.970. The standard InChI is InChI=1S/C12H14FNO2/c13-11-3-1-2-10-9(11)4-5-12(10)15-7-8(6-14)16-12/h1-3,8H,4-7,14H2. The highest BCUT2D eigenvalue weighted by Gasteiger charge is 2.47. The van der Waals surface area contributed by atoms with Crippen molar-refractivity contribution in [1.82, 2.24) is 0 Å². The lowest BCUT2D eigenvalue weighted by Crippen LogP contribution is -2.28. The second-order valence-corrected chi connectivity index (χ2v) is 4.31. The molecule has 2 unspecified atom stereocenters. The van der Waals surface area contributed by atoms with Crippen LogP contribution in [0, 0.1) is 5.82 Å². The zero-order chi connectivity index (χ0) is 11.2. The first-order chi connectivity index (χ1) is 7.75. The summed E-state index contributed by atoms with van der Waals surface area (Å²) in [5, 5.41) is 0. The van der Waals surface area contributed by atoms with Crippen molar-refractivity contribution in [3.8, 4) is 0 Å². The normalized spacial score (nSPS) is 32.2. The zero-order valence-electron chi connectivity index (χ0n) is 8.91. The predicted octanol–water partition coefficient (Wildman–Crippen LogP) is 1.30. The van der Waals surface area contributed by atoms with Gasteiger partial charge in [0, 0.05) is 18.5 Å². The zero-order valence-corrected chi connectivity index (χ0v) is 8.91. The third-order valence-corrected chi connectivity index (χ3v) is 3.36. The molecule has 86 valence electrons. The summed E-state index contributed by atoms with van der Waals surface area (Å²) >= 11 is 0. The van der Waals surface area contributed by atoms with Gasteiger partial charge in [0.25, 0.3) is 0 Å². The van der Waals surface area contributed by atoms with E-state index in [1.54, 1.807) is 6.07 Å². The van der Waals surface area contributed by atoms with Gasteiger partial charge in [-0.05, 0) is 18.1 Å². The van der Waals surface area contributed by atoms with Gasteiger partial charge in [-0.1, -0.05) is 12.1 Å². The van der Waals surface area contributed by atoms with Crippen LogP contribution in [0.15, 0.2) is 18.2 Å². The van der Waals surface area contributed by atoms with Crippen molar-refractivity contribution in [1.29, 1.82) is 0 Å². The van der Waals surface area contributed by atoms with Crippen LogP contribution in [-0.4, -0.2) is 19.3 Å². The first-order valence-electron chi connectivity index (χ1n) is 5.55. The Kier molecular flexibility index (Phi) is 2.24. The highest BCUT2D eigenvalue weighted by atomic mass is 19.1. The molecule has 16 heavy (non-hydrogen) atoms. The summed E-state index contributed by atoms with van der Waals surface area (Å²) in [5.74, 6) is -0.903. The quantitative estimate of drug-likeness (QED) is 0.780. The van der Waals surface area contributed by atoms with Gasteiger partial charge >= 0.3 is 0 Å². The Balaban J connectivity index is 2.00. The first kappa shape index (κ1) is 10.2. The van der Waals surface area contributed by atoms with Crippen molar-refractivity contribution in [2.75, 3.05) is 13.2 Å². The molecule has 2 aliphatic rings. The number of hydrogen-bond donors (Lipinski definition) is 1. The third-order valence-electron chi connectivity index (χ3n) is 3.36. The lowest BCUT2D eigenvalue weighted by Gasteiger charge is -2.23. The van der Waals surface area contributed by atoms with E-state index in [0.717, 1.165) is 11.1 Å². The summed E-state index contributed by atoms with van der Waals surface area (Å²) in [6.07, 6.45) is 1.27. The van der Waals surface area contributed by atoms with Gasteiger partial charge in [-0.3, -0.25) is 0 Å².